The molecule has 3 aromatic rings. The summed E-state index contributed by atoms with van der Waals surface area (Å²) < 4.78 is 16.3. The van der Waals surface area contributed by atoms with Crippen LogP contribution < -0.4 is 21.1 Å². The molecule has 0 unspecified atom stereocenters. The highest BCUT2D eigenvalue weighted by molar-refractivity contribution is 5.98. The first-order valence-electron chi connectivity index (χ1n) is 13.6. The molecule has 1 saturated heterocycles. The molecular weight excluding hydrogens is 522 g/mol. The monoisotopic (exact) mass is 559 g/mol. The van der Waals surface area contributed by atoms with Crippen LogP contribution in [-0.2, 0) is 43.3 Å². The third-order valence-electron chi connectivity index (χ3n) is 6.99. The molecule has 3 aromatic carbocycles. The van der Waals surface area contributed by atoms with Crippen molar-refractivity contribution >= 4 is 17.6 Å². The maximum absolute atomic E-state index is 13.7. The van der Waals surface area contributed by atoms with Gasteiger partial charge in [0, 0.05) is 6.42 Å². The van der Waals surface area contributed by atoms with Gasteiger partial charge < -0.3 is 30.6 Å². The minimum atomic E-state index is -0.995. The van der Waals surface area contributed by atoms with Crippen LogP contribution in [0.3, 0.4) is 0 Å². The second-order valence-electron chi connectivity index (χ2n) is 10.4. The van der Waals surface area contributed by atoms with E-state index in [9.17, 15) is 14.4 Å². The minimum Gasteiger partial charge on any atom is -0.497 e. The van der Waals surface area contributed by atoms with Crippen molar-refractivity contribution in [3.05, 3.63) is 102 Å². The summed E-state index contributed by atoms with van der Waals surface area (Å²) in [5.74, 6) is -0.571. The summed E-state index contributed by atoms with van der Waals surface area (Å²) in [5, 5.41) is 5.66. The topological polar surface area (TPSA) is 132 Å². The fourth-order valence-corrected chi connectivity index (χ4v) is 4.39. The van der Waals surface area contributed by atoms with Gasteiger partial charge in [-0.15, -0.1) is 0 Å². The van der Waals surface area contributed by atoms with Crippen molar-refractivity contribution in [2.75, 3.05) is 20.3 Å². The highest BCUT2D eigenvalue weighted by Gasteiger charge is 2.50. The molecule has 4 atom stereocenters. The Morgan fingerprint density at radius 1 is 0.829 bits per heavy atom. The zero-order valence-electron chi connectivity index (χ0n) is 23.4. The van der Waals surface area contributed by atoms with Crippen LogP contribution in [0, 0.1) is 0 Å². The van der Waals surface area contributed by atoms with Crippen molar-refractivity contribution in [3.63, 3.8) is 0 Å². The Labute approximate surface area is 240 Å². The predicted octanol–water partition coefficient (Wildman–Crippen LogP) is 2.35. The number of hydrogen-bond donors (Lipinski definition) is 3. The molecule has 0 saturated carbocycles. The van der Waals surface area contributed by atoms with Gasteiger partial charge in [-0.3, -0.25) is 14.4 Å². The van der Waals surface area contributed by atoms with Gasteiger partial charge in [-0.05, 0) is 42.2 Å². The Morgan fingerprint density at radius 2 is 1.37 bits per heavy atom. The molecule has 1 fully saturated rings. The Bertz CT molecular complexity index is 1300. The van der Waals surface area contributed by atoms with E-state index in [4.69, 9.17) is 19.9 Å². The van der Waals surface area contributed by atoms with Crippen molar-refractivity contribution in [1.29, 1.82) is 0 Å². The van der Waals surface area contributed by atoms with Gasteiger partial charge in [-0.1, -0.05) is 72.8 Å². The number of ether oxygens (including phenoxy) is 3. The van der Waals surface area contributed by atoms with Crippen LogP contribution in [0.25, 0.3) is 0 Å². The van der Waals surface area contributed by atoms with Crippen LogP contribution in [0.2, 0.25) is 0 Å². The second-order valence-corrected chi connectivity index (χ2v) is 10.4. The fraction of sp³-hybridized carbons (Fsp3) is 0.344. The van der Waals surface area contributed by atoms with Gasteiger partial charge >= 0.3 is 0 Å². The Hall–Kier alpha value is -4.05. The van der Waals surface area contributed by atoms with E-state index in [0.29, 0.717) is 25.4 Å². The lowest BCUT2D eigenvalue weighted by Crippen LogP contribution is -2.57. The number of methoxy groups -OCH3 is 1. The molecule has 2 amide bonds. The minimum absolute atomic E-state index is 0.0254. The summed E-state index contributed by atoms with van der Waals surface area (Å²) in [6.07, 6.45) is 0.472. The van der Waals surface area contributed by atoms with E-state index >= 15 is 0 Å². The van der Waals surface area contributed by atoms with Crippen LogP contribution in [0.5, 0.6) is 5.75 Å². The van der Waals surface area contributed by atoms with Crippen molar-refractivity contribution in [3.8, 4) is 5.75 Å². The Morgan fingerprint density at radius 3 is 1.95 bits per heavy atom. The van der Waals surface area contributed by atoms with E-state index < -0.39 is 35.5 Å². The molecule has 1 aliphatic rings. The molecular formula is C32H37N3O6. The average molecular weight is 560 g/mol. The third-order valence-corrected chi connectivity index (χ3v) is 6.99. The fourth-order valence-electron chi connectivity index (χ4n) is 4.39. The number of Topliss-reactive ketones (excluding diaryl/α,β-unsaturated/α-hetero) is 1. The first kappa shape index (κ1) is 29.9. The second kappa shape index (κ2) is 14.0. The van der Waals surface area contributed by atoms with E-state index in [-0.39, 0.29) is 18.8 Å². The average Bonchev–Trinajstić information content (AvgIpc) is 3.75. The molecule has 0 aliphatic carbocycles. The first-order chi connectivity index (χ1) is 19.8. The summed E-state index contributed by atoms with van der Waals surface area (Å²) in [5.41, 5.74) is 7.84. The van der Waals surface area contributed by atoms with Gasteiger partial charge in [-0.2, -0.15) is 0 Å². The Kier molecular flexibility index (Phi) is 10.2. The van der Waals surface area contributed by atoms with Crippen molar-refractivity contribution in [2.45, 2.75) is 50.1 Å². The van der Waals surface area contributed by atoms with Crippen LogP contribution in [-0.4, -0.2) is 61.6 Å². The third kappa shape index (κ3) is 8.72. The van der Waals surface area contributed by atoms with Gasteiger partial charge in [0.05, 0.1) is 33.0 Å². The highest BCUT2D eigenvalue weighted by Crippen LogP contribution is 2.29. The molecule has 0 radical (unpaired) electrons. The number of nitrogens with one attached hydrogen (secondary N) is 2. The van der Waals surface area contributed by atoms with Gasteiger partial charge in [0.2, 0.25) is 11.8 Å². The summed E-state index contributed by atoms with van der Waals surface area (Å²) in [7, 11) is 1.57. The lowest BCUT2D eigenvalue weighted by Gasteiger charge is -2.25. The molecule has 0 aromatic heterocycles. The van der Waals surface area contributed by atoms with Crippen molar-refractivity contribution in [1.82, 2.24) is 10.6 Å². The molecule has 4 N–H and O–H groups in total. The number of carbonyl (C=O) groups is 3. The summed E-state index contributed by atoms with van der Waals surface area (Å²) in [4.78, 5) is 40.0. The smallest absolute Gasteiger partial charge is 0.243 e. The lowest BCUT2D eigenvalue weighted by atomic mass is 9.94. The summed E-state index contributed by atoms with van der Waals surface area (Å²) in [6, 6.07) is 23.4. The number of carbonyl (C=O) groups excluding carboxylic acids is 3. The highest BCUT2D eigenvalue weighted by atomic mass is 16.6. The summed E-state index contributed by atoms with van der Waals surface area (Å²) in [6.45, 7) is 2.30. The number of amides is 2. The normalized spacial score (nSPS) is 18.0. The maximum Gasteiger partial charge on any atom is 0.243 e. The standard InChI is InChI=1S/C32H37N3O6/c1-32(21-41-32)29(36)27(17-22-9-5-3-6-10-22)34-31(38)28(18-23-13-15-25(39-2)16-14-23)35-30(37)26(33)20-40-19-24-11-7-4-8-12-24/h3-16,26-28H,17-21,33H2,1-2H3,(H,34,38)(H,35,37)/t26-,27-,28-,32+/m0/s1. The van der Waals surface area contributed by atoms with Crippen LogP contribution >= 0.6 is 0 Å². The molecule has 216 valence electrons. The van der Waals surface area contributed by atoms with E-state index in [1.165, 1.54) is 0 Å². The number of nitrogens with two attached hydrogens (primary N) is 1. The van der Waals surface area contributed by atoms with Crippen LogP contribution in [0.1, 0.15) is 23.6 Å². The number of benzene rings is 3. The van der Waals surface area contributed by atoms with Crippen LogP contribution in [0.4, 0.5) is 0 Å². The number of hydrogen-bond acceptors (Lipinski definition) is 7. The quantitative estimate of drug-likeness (QED) is 0.244. The number of epoxide rings is 1. The van der Waals surface area contributed by atoms with Crippen molar-refractivity contribution in [2.24, 2.45) is 5.73 Å². The molecule has 41 heavy (non-hydrogen) atoms. The number of ketones is 1. The van der Waals surface area contributed by atoms with Gasteiger partial charge in [0.15, 0.2) is 5.78 Å². The van der Waals surface area contributed by atoms with E-state index in [0.717, 1.165) is 16.7 Å². The molecule has 4 rings (SSSR count). The number of rotatable bonds is 15. The summed E-state index contributed by atoms with van der Waals surface area (Å²) >= 11 is 0. The largest absolute Gasteiger partial charge is 0.497 e. The van der Waals surface area contributed by atoms with Gasteiger partial charge in [0.1, 0.15) is 23.4 Å². The zero-order valence-corrected chi connectivity index (χ0v) is 23.4. The Balaban J connectivity index is 1.46. The van der Waals surface area contributed by atoms with Gasteiger partial charge in [-0.25, -0.2) is 0 Å². The zero-order chi connectivity index (χ0) is 29.2. The van der Waals surface area contributed by atoms with E-state index in [2.05, 4.69) is 10.6 Å². The van der Waals surface area contributed by atoms with Crippen LogP contribution in [0.15, 0.2) is 84.9 Å². The van der Waals surface area contributed by atoms with E-state index in [1.807, 2.05) is 72.8 Å². The molecule has 9 heteroatoms. The van der Waals surface area contributed by atoms with Gasteiger partial charge in [0.25, 0.3) is 0 Å². The molecule has 1 heterocycles. The van der Waals surface area contributed by atoms with E-state index in [1.54, 1.807) is 26.2 Å². The predicted molar refractivity (Wildman–Crippen MR) is 154 cm³/mol. The molecule has 9 nitrogen and oxygen atoms in total. The first-order valence-corrected chi connectivity index (χ1v) is 13.6. The molecule has 0 bridgehead atoms. The van der Waals surface area contributed by atoms with Crippen molar-refractivity contribution < 1.29 is 28.6 Å². The maximum atomic E-state index is 13.7. The molecule has 0 spiro atoms. The SMILES string of the molecule is COc1ccc(C[C@H](NC(=O)[C@@H](N)COCc2ccccc2)C(=O)N[C@@H](Cc2ccccc2)C(=O)[C@@]2(C)CO2)cc1. The lowest BCUT2D eigenvalue weighted by molar-refractivity contribution is -0.133. The molecule has 1 aliphatic heterocycles.